The molecule has 0 fully saturated rings. The Kier molecular flexibility index (Phi) is 4.63. The van der Waals surface area contributed by atoms with E-state index in [0.29, 0.717) is 22.6 Å². The molecule has 0 aliphatic rings. The van der Waals surface area contributed by atoms with E-state index in [1.54, 1.807) is 19.2 Å². The van der Waals surface area contributed by atoms with Crippen LogP contribution in [0.5, 0.6) is 11.5 Å². The molecular formula is C18H20O3. The minimum absolute atomic E-state index is 0.0128. The molecule has 2 aromatic rings. The van der Waals surface area contributed by atoms with Crippen LogP contribution in [0.2, 0.25) is 0 Å². The Labute approximate surface area is 125 Å². The van der Waals surface area contributed by atoms with E-state index in [0.717, 1.165) is 5.56 Å². The van der Waals surface area contributed by atoms with Crippen molar-refractivity contribution in [2.24, 2.45) is 0 Å². The number of hydrogen-bond acceptors (Lipinski definition) is 3. The standard InChI is InChI=1S/C18H20O3/c1-12(2)21-16-8-6-5-7-14(16)18(19)15-10-9-13(3)11-17(15)20-4/h5-12H,1-4H3. The maximum Gasteiger partial charge on any atom is 0.200 e. The molecule has 0 saturated carbocycles. The van der Waals surface area contributed by atoms with Gasteiger partial charge in [0.05, 0.1) is 24.3 Å². The summed E-state index contributed by atoms with van der Waals surface area (Å²) in [5.74, 6) is 1.09. The van der Waals surface area contributed by atoms with Gasteiger partial charge in [0.15, 0.2) is 5.78 Å². The molecule has 0 aliphatic carbocycles. The number of rotatable bonds is 5. The number of methoxy groups -OCH3 is 1. The first kappa shape index (κ1) is 15.1. The molecule has 21 heavy (non-hydrogen) atoms. The highest BCUT2D eigenvalue weighted by Crippen LogP contribution is 2.27. The number of benzene rings is 2. The van der Waals surface area contributed by atoms with E-state index in [4.69, 9.17) is 9.47 Å². The second kappa shape index (κ2) is 6.44. The lowest BCUT2D eigenvalue weighted by atomic mass is 10.0. The van der Waals surface area contributed by atoms with Gasteiger partial charge in [-0.25, -0.2) is 0 Å². The van der Waals surface area contributed by atoms with Crippen LogP contribution in [-0.4, -0.2) is 19.0 Å². The van der Waals surface area contributed by atoms with Crippen LogP contribution >= 0.6 is 0 Å². The first-order chi connectivity index (χ1) is 10.0. The number of aryl methyl sites for hydroxylation is 1. The summed E-state index contributed by atoms with van der Waals surface area (Å²) in [4.78, 5) is 12.8. The summed E-state index contributed by atoms with van der Waals surface area (Å²) in [6.07, 6.45) is 0.0128. The average molecular weight is 284 g/mol. The van der Waals surface area contributed by atoms with Gasteiger partial charge in [-0.15, -0.1) is 0 Å². The van der Waals surface area contributed by atoms with Crippen LogP contribution in [0.15, 0.2) is 42.5 Å². The van der Waals surface area contributed by atoms with Gasteiger partial charge in [-0.05, 0) is 50.6 Å². The molecule has 0 N–H and O–H groups in total. The van der Waals surface area contributed by atoms with Crippen LogP contribution in [0.4, 0.5) is 0 Å². The monoisotopic (exact) mass is 284 g/mol. The minimum atomic E-state index is -0.0944. The molecule has 0 spiro atoms. The highest BCUT2D eigenvalue weighted by molar-refractivity contribution is 6.12. The Morgan fingerprint density at radius 2 is 1.67 bits per heavy atom. The Morgan fingerprint density at radius 1 is 1.00 bits per heavy atom. The Balaban J connectivity index is 2.45. The Bertz CT molecular complexity index is 645. The second-order valence-electron chi connectivity index (χ2n) is 5.20. The van der Waals surface area contributed by atoms with Crippen molar-refractivity contribution in [2.45, 2.75) is 26.9 Å². The van der Waals surface area contributed by atoms with E-state index >= 15 is 0 Å². The summed E-state index contributed by atoms with van der Waals surface area (Å²) in [6.45, 7) is 5.84. The summed E-state index contributed by atoms with van der Waals surface area (Å²) in [5, 5.41) is 0. The molecule has 0 atom stereocenters. The Morgan fingerprint density at radius 3 is 2.33 bits per heavy atom. The van der Waals surface area contributed by atoms with E-state index in [1.165, 1.54) is 0 Å². The molecule has 3 nitrogen and oxygen atoms in total. The van der Waals surface area contributed by atoms with Gasteiger partial charge >= 0.3 is 0 Å². The van der Waals surface area contributed by atoms with Gasteiger partial charge < -0.3 is 9.47 Å². The molecule has 110 valence electrons. The highest BCUT2D eigenvalue weighted by atomic mass is 16.5. The van der Waals surface area contributed by atoms with Gasteiger partial charge in [0.2, 0.25) is 0 Å². The van der Waals surface area contributed by atoms with Gasteiger partial charge in [-0.2, -0.15) is 0 Å². The van der Waals surface area contributed by atoms with Crippen LogP contribution in [-0.2, 0) is 0 Å². The summed E-state index contributed by atoms with van der Waals surface area (Å²) >= 11 is 0. The lowest BCUT2D eigenvalue weighted by Crippen LogP contribution is -2.11. The normalized spacial score (nSPS) is 10.5. The number of carbonyl (C=O) groups is 1. The third-order valence-corrected chi connectivity index (χ3v) is 3.10. The molecule has 0 heterocycles. The fraction of sp³-hybridized carbons (Fsp3) is 0.278. The van der Waals surface area contributed by atoms with Gasteiger partial charge in [0.1, 0.15) is 11.5 Å². The highest BCUT2D eigenvalue weighted by Gasteiger charge is 2.18. The van der Waals surface area contributed by atoms with Crippen LogP contribution in [0.3, 0.4) is 0 Å². The first-order valence-corrected chi connectivity index (χ1v) is 6.98. The summed E-state index contributed by atoms with van der Waals surface area (Å²) in [6, 6.07) is 12.8. The third kappa shape index (κ3) is 3.43. The number of carbonyl (C=O) groups excluding carboxylic acids is 1. The molecule has 0 aromatic heterocycles. The van der Waals surface area contributed by atoms with Gasteiger partial charge in [0, 0.05) is 0 Å². The number of para-hydroxylation sites is 1. The zero-order chi connectivity index (χ0) is 15.4. The summed E-state index contributed by atoms with van der Waals surface area (Å²) < 4.78 is 11.1. The quantitative estimate of drug-likeness (QED) is 0.778. The molecule has 3 heteroatoms. The maximum atomic E-state index is 12.8. The van der Waals surface area contributed by atoms with Crippen LogP contribution in [0, 0.1) is 6.92 Å². The molecule has 0 aliphatic heterocycles. The molecule has 0 bridgehead atoms. The van der Waals surface area contributed by atoms with Crippen LogP contribution in [0.25, 0.3) is 0 Å². The fourth-order valence-electron chi connectivity index (χ4n) is 2.14. The van der Waals surface area contributed by atoms with Crippen molar-refractivity contribution in [2.75, 3.05) is 7.11 Å². The molecule has 0 amide bonds. The van der Waals surface area contributed by atoms with Crippen molar-refractivity contribution < 1.29 is 14.3 Å². The van der Waals surface area contributed by atoms with Crippen molar-refractivity contribution >= 4 is 5.78 Å². The van der Waals surface area contributed by atoms with Crippen LogP contribution in [0.1, 0.15) is 35.3 Å². The van der Waals surface area contributed by atoms with Crippen molar-refractivity contribution in [1.29, 1.82) is 0 Å². The van der Waals surface area contributed by atoms with E-state index in [9.17, 15) is 4.79 Å². The van der Waals surface area contributed by atoms with Crippen molar-refractivity contribution in [1.82, 2.24) is 0 Å². The number of hydrogen-bond donors (Lipinski definition) is 0. The Hall–Kier alpha value is -2.29. The van der Waals surface area contributed by atoms with Crippen molar-refractivity contribution in [3.05, 3.63) is 59.2 Å². The largest absolute Gasteiger partial charge is 0.496 e. The van der Waals surface area contributed by atoms with E-state index < -0.39 is 0 Å². The SMILES string of the molecule is COc1cc(C)ccc1C(=O)c1ccccc1OC(C)C. The molecule has 0 radical (unpaired) electrons. The number of ether oxygens (including phenoxy) is 2. The molecular weight excluding hydrogens is 264 g/mol. The fourth-order valence-corrected chi connectivity index (χ4v) is 2.14. The lowest BCUT2D eigenvalue weighted by Gasteiger charge is -2.14. The predicted molar refractivity (Wildman–Crippen MR) is 83.4 cm³/mol. The summed E-state index contributed by atoms with van der Waals surface area (Å²) in [5.41, 5.74) is 2.14. The summed E-state index contributed by atoms with van der Waals surface area (Å²) in [7, 11) is 1.57. The predicted octanol–water partition coefficient (Wildman–Crippen LogP) is 4.02. The molecule has 2 aromatic carbocycles. The van der Waals surface area contributed by atoms with Gasteiger partial charge in [-0.3, -0.25) is 4.79 Å². The van der Waals surface area contributed by atoms with E-state index in [1.807, 2.05) is 51.1 Å². The second-order valence-corrected chi connectivity index (χ2v) is 5.20. The molecule has 2 rings (SSSR count). The topological polar surface area (TPSA) is 35.5 Å². The third-order valence-electron chi connectivity index (χ3n) is 3.10. The minimum Gasteiger partial charge on any atom is -0.496 e. The van der Waals surface area contributed by atoms with E-state index in [2.05, 4.69) is 0 Å². The van der Waals surface area contributed by atoms with Crippen molar-refractivity contribution in [3.8, 4) is 11.5 Å². The lowest BCUT2D eigenvalue weighted by molar-refractivity contribution is 0.103. The average Bonchev–Trinajstić information content (AvgIpc) is 2.46. The molecule has 0 unspecified atom stereocenters. The van der Waals surface area contributed by atoms with Gasteiger partial charge in [0.25, 0.3) is 0 Å². The van der Waals surface area contributed by atoms with E-state index in [-0.39, 0.29) is 11.9 Å². The van der Waals surface area contributed by atoms with Crippen LogP contribution < -0.4 is 9.47 Å². The first-order valence-electron chi connectivity index (χ1n) is 6.98. The maximum absolute atomic E-state index is 12.8. The smallest absolute Gasteiger partial charge is 0.200 e. The van der Waals surface area contributed by atoms with Crippen molar-refractivity contribution in [3.63, 3.8) is 0 Å². The van der Waals surface area contributed by atoms with Gasteiger partial charge in [-0.1, -0.05) is 18.2 Å². The number of ketones is 1. The zero-order valence-electron chi connectivity index (χ0n) is 12.8. The molecule has 0 saturated heterocycles. The zero-order valence-corrected chi connectivity index (χ0v) is 12.8.